The zero-order valence-corrected chi connectivity index (χ0v) is 21.3. The molecule has 1 fully saturated rings. The maximum absolute atomic E-state index is 14.0. The maximum Gasteiger partial charge on any atom is 0.274 e. The second kappa shape index (κ2) is 12.6. The van der Waals surface area contributed by atoms with Crippen molar-refractivity contribution in [3.05, 3.63) is 94.3 Å². The van der Waals surface area contributed by atoms with Crippen LogP contribution in [0.3, 0.4) is 0 Å². The van der Waals surface area contributed by atoms with Crippen molar-refractivity contribution in [2.45, 2.75) is 43.0 Å². The minimum absolute atomic E-state index is 0.101. The minimum Gasteiger partial charge on any atom is -0.307 e. The zero-order valence-electron chi connectivity index (χ0n) is 20.4. The number of amides is 2. The average molecular weight is 566 g/mol. The molecule has 1 aliphatic carbocycles. The van der Waals surface area contributed by atoms with Crippen LogP contribution in [-0.4, -0.2) is 23.6 Å². The molecular weight excluding hydrogens is 541 g/mol. The van der Waals surface area contributed by atoms with Gasteiger partial charge in [0.15, 0.2) is 23.3 Å². The SMILES string of the molecule is O=C(NO)c1ccc(N(Cc2ccc(C3CCCC3)cc2)C(=O)CNSc2c(F)c(F)c(F)c(F)c2F)cc1. The first-order chi connectivity index (χ1) is 18.7. The van der Waals surface area contributed by atoms with E-state index in [2.05, 4.69) is 4.72 Å². The largest absolute Gasteiger partial charge is 0.307 e. The molecule has 2 amide bonds. The van der Waals surface area contributed by atoms with E-state index >= 15 is 0 Å². The molecule has 0 saturated heterocycles. The van der Waals surface area contributed by atoms with E-state index in [-0.39, 0.29) is 24.1 Å². The number of halogens is 5. The highest BCUT2D eigenvalue weighted by atomic mass is 32.2. The molecule has 0 radical (unpaired) electrons. The van der Waals surface area contributed by atoms with E-state index < -0.39 is 52.3 Å². The van der Waals surface area contributed by atoms with Crippen LogP contribution in [0.25, 0.3) is 0 Å². The molecule has 3 N–H and O–H groups in total. The summed E-state index contributed by atoms with van der Waals surface area (Å²) in [7, 11) is 0. The van der Waals surface area contributed by atoms with Crippen molar-refractivity contribution in [3.63, 3.8) is 0 Å². The van der Waals surface area contributed by atoms with Crippen molar-refractivity contribution in [2.24, 2.45) is 0 Å². The van der Waals surface area contributed by atoms with Gasteiger partial charge >= 0.3 is 0 Å². The first-order valence-electron chi connectivity index (χ1n) is 12.1. The zero-order chi connectivity index (χ0) is 28.1. The van der Waals surface area contributed by atoms with E-state index in [4.69, 9.17) is 5.21 Å². The van der Waals surface area contributed by atoms with Crippen LogP contribution < -0.4 is 15.1 Å². The number of rotatable bonds is 9. The Hall–Kier alpha value is -3.48. The van der Waals surface area contributed by atoms with E-state index in [0.717, 1.165) is 18.4 Å². The Balaban J connectivity index is 1.52. The predicted octanol–water partition coefficient (Wildman–Crippen LogP) is 5.99. The van der Waals surface area contributed by atoms with Gasteiger partial charge in [0.25, 0.3) is 5.91 Å². The molecule has 1 saturated carbocycles. The van der Waals surface area contributed by atoms with E-state index in [9.17, 15) is 31.5 Å². The molecule has 0 spiro atoms. The minimum atomic E-state index is -2.27. The number of carbonyl (C=O) groups excluding carboxylic acids is 2. The van der Waals surface area contributed by atoms with Gasteiger partial charge in [0.1, 0.15) is 4.90 Å². The number of hydrogen-bond acceptors (Lipinski definition) is 5. The molecule has 0 heterocycles. The summed E-state index contributed by atoms with van der Waals surface area (Å²) in [5, 5.41) is 8.83. The third-order valence-electron chi connectivity index (χ3n) is 6.56. The molecule has 1 aliphatic rings. The van der Waals surface area contributed by atoms with E-state index in [1.54, 1.807) is 0 Å². The summed E-state index contributed by atoms with van der Waals surface area (Å²) in [5.41, 5.74) is 4.02. The third kappa shape index (κ3) is 6.40. The highest BCUT2D eigenvalue weighted by molar-refractivity contribution is 7.97. The Labute approximate surface area is 225 Å². The highest BCUT2D eigenvalue weighted by Gasteiger charge is 2.27. The Morgan fingerprint density at radius 1 is 0.846 bits per heavy atom. The van der Waals surface area contributed by atoms with E-state index in [1.165, 1.54) is 53.1 Å². The summed E-state index contributed by atoms with van der Waals surface area (Å²) >= 11 is 0.108. The lowest BCUT2D eigenvalue weighted by molar-refractivity contribution is -0.117. The van der Waals surface area contributed by atoms with Crippen LogP contribution in [0.1, 0.15) is 53.1 Å². The molecule has 0 bridgehead atoms. The van der Waals surface area contributed by atoms with Gasteiger partial charge in [-0.25, -0.2) is 27.4 Å². The number of nitrogens with zero attached hydrogens (tertiary/aromatic N) is 1. The molecule has 206 valence electrons. The second-order valence-electron chi connectivity index (χ2n) is 9.01. The fraction of sp³-hybridized carbons (Fsp3) is 0.259. The van der Waals surface area contributed by atoms with Gasteiger partial charge in [0.2, 0.25) is 11.7 Å². The molecule has 0 unspecified atom stereocenters. The lowest BCUT2D eigenvalue weighted by atomic mass is 9.96. The van der Waals surface area contributed by atoms with Crippen molar-refractivity contribution in [2.75, 3.05) is 11.4 Å². The van der Waals surface area contributed by atoms with Crippen molar-refractivity contribution in [1.29, 1.82) is 0 Å². The summed E-state index contributed by atoms with van der Waals surface area (Å²) in [6, 6.07) is 13.6. The fourth-order valence-electron chi connectivity index (χ4n) is 4.46. The van der Waals surface area contributed by atoms with Crippen LogP contribution in [0, 0.1) is 29.1 Å². The van der Waals surface area contributed by atoms with Crippen molar-refractivity contribution in [3.8, 4) is 0 Å². The van der Waals surface area contributed by atoms with Gasteiger partial charge in [-0.05, 0) is 66.1 Å². The number of carbonyl (C=O) groups is 2. The normalized spacial score (nSPS) is 13.5. The fourth-order valence-corrected chi connectivity index (χ4v) is 5.16. The molecule has 6 nitrogen and oxygen atoms in total. The number of benzene rings is 3. The molecule has 4 rings (SSSR count). The molecule has 0 aromatic heterocycles. The summed E-state index contributed by atoms with van der Waals surface area (Å²) in [6.45, 7) is -0.423. The molecule has 0 atom stereocenters. The molecule has 3 aromatic carbocycles. The number of hydroxylamine groups is 1. The van der Waals surface area contributed by atoms with Gasteiger partial charge in [-0.2, -0.15) is 0 Å². The summed E-state index contributed by atoms with van der Waals surface area (Å²) in [4.78, 5) is 25.0. The predicted molar refractivity (Wildman–Crippen MR) is 135 cm³/mol. The topological polar surface area (TPSA) is 81.7 Å². The highest BCUT2D eigenvalue weighted by Crippen LogP contribution is 2.34. The van der Waals surface area contributed by atoms with Crippen molar-refractivity contribution in [1.82, 2.24) is 10.2 Å². The average Bonchev–Trinajstić information content (AvgIpc) is 3.50. The number of nitrogens with one attached hydrogen (secondary N) is 2. The van der Waals surface area contributed by atoms with Crippen LogP contribution in [0.5, 0.6) is 0 Å². The smallest absolute Gasteiger partial charge is 0.274 e. The Kier molecular flexibility index (Phi) is 9.20. The van der Waals surface area contributed by atoms with Crippen LogP contribution >= 0.6 is 11.9 Å². The first kappa shape index (κ1) is 28.5. The summed E-state index contributed by atoms with van der Waals surface area (Å²) in [6.07, 6.45) is 4.64. The van der Waals surface area contributed by atoms with Gasteiger partial charge in [-0.15, -0.1) is 0 Å². The van der Waals surface area contributed by atoms with Gasteiger partial charge in [0, 0.05) is 11.3 Å². The second-order valence-corrected chi connectivity index (χ2v) is 9.91. The van der Waals surface area contributed by atoms with Gasteiger partial charge in [-0.1, -0.05) is 37.1 Å². The van der Waals surface area contributed by atoms with Crippen LogP contribution in [0.2, 0.25) is 0 Å². The van der Waals surface area contributed by atoms with E-state index in [0.29, 0.717) is 11.6 Å². The third-order valence-corrected chi connectivity index (χ3v) is 7.41. The van der Waals surface area contributed by atoms with Crippen LogP contribution in [0.15, 0.2) is 53.4 Å². The standard InChI is InChI=1S/C27H24F5N3O3S/c28-21-22(29)24(31)26(25(32)23(21)30)39-33-13-20(36)35(19-11-9-18(10-12-19)27(37)34-38)14-15-5-7-17(8-6-15)16-3-1-2-4-16/h5-12,16,33,38H,1-4,13-14H2,(H,34,37). The lowest BCUT2D eigenvalue weighted by Crippen LogP contribution is -2.36. The number of hydrogen-bond donors (Lipinski definition) is 3. The monoisotopic (exact) mass is 565 g/mol. The Bertz CT molecular complexity index is 1320. The molecule has 39 heavy (non-hydrogen) atoms. The van der Waals surface area contributed by atoms with Gasteiger partial charge < -0.3 is 4.90 Å². The lowest BCUT2D eigenvalue weighted by Gasteiger charge is -2.24. The molecular formula is C27H24F5N3O3S. The molecule has 12 heteroatoms. The van der Waals surface area contributed by atoms with Gasteiger partial charge in [-0.3, -0.25) is 19.5 Å². The van der Waals surface area contributed by atoms with Crippen molar-refractivity contribution < 1.29 is 36.7 Å². The molecule has 0 aliphatic heterocycles. The van der Waals surface area contributed by atoms with Gasteiger partial charge in [0.05, 0.1) is 13.1 Å². The Morgan fingerprint density at radius 3 is 1.97 bits per heavy atom. The van der Waals surface area contributed by atoms with E-state index in [1.807, 2.05) is 24.3 Å². The van der Waals surface area contributed by atoms with Crippen molar-refractivity contribution >= 4 is 29.4 Å². The van der Waals surface area contributed by atoms with Crippen LogP contribution in [-0.2, 0) is 11.3 Å². The summed E-state index contributed by atoms with van der Waals surface area (Å²) < 4.78 is 70.7. The molecule has 3 aromatic rings. The quantitative estimate of drug-likeness (QED) is 0.0742. The maximum atomic E-state index is 14.0. The van der Waals surface area contributed by atoms with Crippen LogP contribution in [0.4, 0.5) is 27.6 Å². The number of anilines is 1. The first-order valence-corrected chi connectivity index (χ1v) is 12.9. The Morgan fingerprint density at radius 2 is 1.41 bits per heavy atom. The summed E-state index contributed by atoms with van der Waals surface area (Å²) in [5.74, 6) is -11.3.